The molecule has 1 aliphatic heterocycles. The Morgan fingerprint density at radius 1 is 1.00 bits per heavy atom. The largest absolute Gasteiger partial charge is 0.339 e. The summed E-state index contributed by atoms with van der Waals surface area (Å²) < 4.78 is 27.8. The highest BCUT2D eigenvalue weighted by Crippen LogP contribution is 2.37. The van der Waals surface area contributed by atoms with Crippen LogP contribution in [0.3, 0.4) is 0 Å². The van der Waals surface area contributed by atoms with Gasteiger partial charge in [-0.3, -0.25) is 4.79 Å². The highest BCUT2D eigenvalue weighted by atomic mass is 32.2. The van der Waals surface area contributed by atoms with Crippen molar-refractivity contribution in [2.24, 2.45) is 11.8 Å². The van der Waals surface area contributed by atoms with Crippen molar-refractivity contribution in [1.82, 2.24) is 9.21 Å². The van der Waals surface area contributed by atoms with Gasteiger partial charge in [-0.25, -0.2) is 8.42 Å². The van der Waals surface area contributed by atoms with Gasteiger partial charge in [0.25, 0.3) is 0 Å². The Morgan fingerprint density at radius 2 is 1.71 bits per heavy atom. The first-order chi connectivity index (χ1) is 13.5. The maximum atomic E-state index is 13.1. The molecule has 0 radical (unpaired) electrons. The van der Waals surface area contributed by atoms with Crippen molar-refractivity contribution >= 4 is 15.9 Å². The first-order valence-electron chi connectivity index (χ1n) is 10.9. The molecule has 1 heterocycles. The molecule has 152 valence electrons. The van der Waals surface area contributed by atoms with Crippen molar-refractivity contribution in [3.8, 4) is 0 Å². The van der Waals surface area contributed by atoms with Crippen LogP contribution in [0.5, 0.6) is 0 Å². The average Bonchev–Trinajstić information content (AvgIpc) is 3.63. The average molecular weight is 403 g/mol. The fourth-order valence-electron chi connectivity index (χ4n) is 4.82. The minimum absolute atomic E-state index is 0.00850. The van der Waals surface area contributed by atoms with Gasteiger partial charge in [0.1, 0.15) is 0 Å². The van der Waals surface area contributed by atoms with E-state index in [2.05, 4.69) is 4.90 Å². The van der Waals surface area contributed by atoms with E-state index in [9.17, 15) is 13.2 Å². The van der Waals surface area contributed by atoms with Crippen LogP contribution < -0.4 is 0 Å². The molecule has 0 spiro atoms. The molecular formula is C22H30N2O3S. The number of carbonyl (C=O) groups is 1. The molecule has 1 saturated heterocycles. The molecule has 0 bridgehead atoms. The Balaban J connectivity index is 1.24. The van der Waals surface area contributed by atoms with E-state index in [4.69, 9.17) is 0 Å². The van der Waals surface area contributed by atoms with Crippen LogP contribution in [0.25, 0.3) is 0 Å². The van der Waals surface area contributed by atoms with Crippen molar-refractivity contribution in [1.29, 1.82) is 0 Å². The summed E-state index contributed by atoms with van der Waals surface area (Å²) in [7, 11) is -3.46. The van der Waals surface area contributed by atoms with Gasteiger partial charge in [-0.15, -0.1) is 0 Å². The van der Waals surface area contributed by atoms with Crippen LogP contribution in [-0.2, 0) is 27.7 Å². The quantitative estimate of drug-likeness (QED) is 0.735. The summed E-state index contributed by atoms with van der Waals surface area (Å²) in [5.41, 5.74) is 2.48. The van der Waals surface area contributed by atoms with Crippen LogP contribution in [0.15, 0.2) is 23.1 Å². The molecule has 3 fully saturated rings. The summed E-state index contributed by atoms with van der Waals surface area (Å²) in [5, 5.41) is 0. The number of carbonyl (C=O) groups excluding carboxylic acids is 1. The van der Waals surface area contributed by atoms with Gasteiger partial charge in [0.2, 0.25) is 15.9 Å². The van der Waals surface area contributed by atoms with E-state index in [1.165, 1.54) is 24.0 Å². The standard InChI is InChI=1S/C22H30N2O3S/c25-22(24(20-7-8-20)15-16-4-5-16)18-10-12-23(13-11-18)28(26,27)21-9-6-17-2-1-3-19(17)14-21/h6,9,14,16,18,20H,1-5,7-8,10-13,15H2. The SMILES string of the molecule is O=C(C1CCN(S(=O)(=O)c2ccc3c(c2)CCC3)CC1)N(CC1CC1)C1CC1. The highest BCUT2D eigenvalue weighted by Gasteiger charge is 2.40. The lowest BCUT2D eigenvalue weighted by molar-refractivity contribution is -0.137. The summed E-state index contributed by atoms with van der Waals surface area (Å²) in [5.74, 6) is 0.986. The third-order valence-corrected chi connectivity index (χ3v) is 8.83. The van der Waals surface area contributed by atoms with Crippen LogP contribution in [0.4, 0.5) is 0 Å². The van der Waals surface area contributed by atoms with E-state index in [0.717, 1.165) is 38.6 Å². The van der Waals surface area contributed by atoms with Crippen molar-refractivity contribution < 1.29 is 13.2 Å². The topological polar surface area (TPSA) is 57.7 Å². The smallest absolute Gasteiger partial charge is 0.243 e. The van der Waals surface area contributed by atoms with Gasteiger partial charge in [0, 0.05) is 31.6 Å². The van der Waals surface area contributed by atoms with Crippen LogP contribution in [0.1, 0.15) is 56.1 Å². The van der Waals surface area contributed by atoms with Gasteiger partial charge in [-0.1, -0.05) is 6.07 Å². The summed E-state index contributed by atoms with van der Waals surface area (Å²) in [6.45, 7) is 1.84. The van der Waals surface area contributed by atoms with Gasteiger partial charge in [0.05, 0.1) is 4.90 Å². The zero-order chi connectivity index (χ0) is 19.3. The third kappa shape index (κ3) is 3.61. The number of benzene rings is 1. The van der Waals surface area contributed by atoms with E-state index in [0.29, 0.717) is 42.8 Å². The van der Waals surface area contributed by atoms with Crippen LogP contribution in [-0.4, -0.2) is 49.2 Å². The van der Waals surface area contributed by atoms with E-state index < -0.39 is 10.0 Å². The lowest BCUT2D eigenvalue weighted by Crippen LogP contribution is -2.45. The molecule has 0 atom stereocenters. The molecule has 1 amide bonds. The predicted octanol–water partition coefficient (Wildman–Crippen LogP) is 2.98. The number of nitrogens with zero attached hydrogens (tertiary/aromatic N) is 2. The number of hydrogen-bond acceptors (Lipinski definition) is 3. The fraction of sp³-hybridized carbons (Fsp3) is 0.682. The minimum Gasteiger partial charge on any atom is -0.339 e. The van der Waals surface area contributed by atoms with Crippen LogP contribution in [0, 0.1) is 11.8 Å². The maximum absolute atomic E-state index is 13.1. The lowest BCUT2D eigenvalue weighted by atomic mass is 9.96. The summed E-state index contributed by atoms with van der Waals surface area (Å²) in [4.78, 5) is 15.6. The zero-order valence-corrected chi connectivity index (χ0v) is 17.3. The molecule has 2 saturated carbocycles. The second-order valence-corrected chi connectivity index (χ2v) is 11.1. The Morgan fingerprint density at radius 3 is 2.39 bits per heavy atom. The van der Waals surface area contributed by atoms with Gasteiger partial charge in [0.15, 0.2) is 0 Å². The first kappa shape index (κ1) is 18.6. The number of aryl methyl sites for hydroxylation is 2. The predicted molar refractivity (Wildman–Crippen MR) is 107 cm³/mol. The first-order valence-corrected chi connectivity index (χ1v) is 12.4. The van der Waals surface area contributed by atoms with Crippen molar-refractivity contribution in [2.45, 2.75) is 68.7 Å². The highest BCUT2D eigenvalue weighted by molar-refractivity contribution is 7.89. The molecular weight excluding hydrogens is 372 g/mol. The number of hydrogen-bond donors (Lipinski definition) is 0. The molecule has 1 aromatic rings. The fourth-order valence-corrected chi connectivity index (χ4v) is 6.34. The molecule has 1 aromatic carbocycles. The van der Waals surface area contributed by atoms with Crippen LogP contribution >= 0.6 is 0 Å². The maximum Gasteiger partial charge on any atom is 0.243 e. The molecule has 6 heteroatoms. The second-order valence-electron chi connectivity index (χ2n) is 9.13. The van der Waals surface area contributed by atoms with E-state index >= 15 is 0 Å². The summed E-state index contributed by atoms with van der Waals surface area (Å²) in [6, 6.07) is 6.08. The lowest BCUT2D eigenvalue weighted by Gasteiger charge is -2.34. The number of amides is 1. The molecule has 0 unspecified atom stereocenters. The molecule has 3 aliphatic carbocycles. The normalized spacial score (nSPS) is 23.6. The number of piperidine rings is 1. The number of rotatable bonds is 6. The molecule has 5 nitrogen and oxygen atoms in total. The Hall–Kier alpha value is -1.40. The van der Waals surface area contributed by atoms with Crippen molar-refractivity contribution in [2.75, 3.05) is 19.6 Å². The van der Waals surface area contributed by atoms with E-state index in [1.54, 1.807) is 10.4 Å². The number of sulfonamides is 1. The Bertz CT molecular complexity index is 866. The van der Waals surface area contributed by atoms with Gasteiger partial charge >= 0.3 is 0 Å². The molecule has 5 rings (SSSR count). The summed E-state index contributed by atoms with van der Waals surface area (Å²) in [6.07, 6.45) is 9.25. The molecule has 0 N–H and O–H groups in total. The van der Waals surface area contributed by atoms with Crippen molar-refractivity contribution in [3.05, 3.63) is 29.3 Å². The Labute approximate surface area is 168 Å². The second kappa shape index (κ2) is 7.13. The number of fused-ring (bicyclic) bond motifs is 1. The van der Waals surface area contributed by atoms with Crippen molar-refractivity contribution in [3.63, 3.8) is 0 Å². The van der Waals surface area contributed by atoms with Crippen LogP contribution in [0.2, 0.25) is 0 Å². The summed E-state index contributed by atoms with van der Waals surface area (Å²) >= 11 is 0. The van der Waals surface area contributed by atoms with E-state index in [-0.39, 0.29) is 11.8 Å². The van der Waals surface area contributed by atoms with Gasteiger partial charge in [-0.05, 0) is 87.0 Å². The Kier molecular flexibility index (Phi) is 4.74. The monoisotopic (exact) mass is 402 g/mol. The molecule has 4 aliphatic rings. The zero-order valence-electron chi connectivity index (χ0n) is 16.5. The molecule has 28 heavy (non-hydrogen) atoms. The van der Waals surface area contributed by atoms with E-state index in [1.807, 2.05) is 12.1 Å². The van der Waals surface area contributed by atoms with Gasteiger partial charge in [-0.2, -0.15) is 4.31 Å². The minimum atomic E-state index is -3.46. The molecule has 0 aromatic heterocycles. The van der Waals surface area contributed by atoms with Gasteiger partial charge < -0.3 is 4.90 Å². The third-order valence-electron chi connectivity index (χ3n) is 6.93.